The molecule has 0 aliphatic rings. The molecule has 0 radical (unpaired) electrons. The average molecular weight is 1460 g/mol. The Balaban J connectivity index is 0.0000000986. The van der Waals surface area contributed by atoms with Crippen LogP contribution in [0, 0.1) is 62.3 Å². The fourth-order valence-corrected chi connectivity index (χ4v) is 23.9. The molecule has 0 atom stereocenters. The molecular formula is C93H63N3O3S6. The Morgan fingerprint density at radius 3 is 0.829 bits per heavy atom. The summed E-state index contributed by atoms with van der Waals surface area (Å²) in [7, 11) is 0. The molecule has 0 aliphatic carbocycles. The summed E-state index contributed by atoms with van der Waals surface area (Å²) >= 11 is 11.2. The van der Waals surface area contributed by atoms with Crippen LogP contribution in [-0.2, 0) is 0 Å². The third kappa shape index (κ3) is 9.27. The molecule has 0 unspecified atom stereocenters. The highest BCUT2D eigenvalue weighted by atomic mass is 32.1. The van der Waals surface area contributed by atoms with Crippen molar-refractivity contribution in [1.29, 1.82) is 0 Å². The van der Waals surface area contributed by atoms with Crippen molar-refractivity contribution in [2.45, 2.75) is 62.3 Å². The van der Waals surface area contributed by atoms with E-state index in [2.05, 4.69) is 294 Å². The lowest BCUT2D eigenvalue weighted by molar-refractivity contribution is 0.673. The lowest BCUT2D eigenvalue weighted by atomic mass is 10.1. The van der Waals surface area contributed by atoms with Crippen LogP contribution in [0.15, 0.2) is 232 Å². The number of hydrogen-bond acceptors (Lipinski definition) is 9. The Labute approximate surface area is 625 Å². The van der Waals surface area contributed by atoms with E-state index in [1.165, 1.54) is 221 Å². The van der Waals surface area contributed by atoms with Crippen LogP contribution in [0.3, 0.4) is 0 Å². The van der Waals surface area contributed by atoms with Gasteiger partial charge >= 0.3 is 0 Å². The van der Waals surface area contributed by atoms with Gasteiger partial charge in [0.05, 0.1) is 61.3 Å². The summed E-state index contributed by atoms with van der Waals surface area (Å²) in [6.45, 7) is 19.4. The molecule has 24 aromatic rings. The fraction of sp³-hybridized carbons (Fsp3) is 0.0968. The number of aromatic nitrogens is 3. The molecule has 12 heteroatoms. The maximum Gasteiger partial charge on any atom is 0.154 e. The van der Waals surface area contributed by atoms with Gasteiger partial charge in [0.1, 0.15) is 16.7 Å². The molecule has 12 heterocycles. The van der Waals surface area contributed by atoms with E-state index in [4.69, 9.17) is 13.3 Å². The van der Waals surface area contributed by atoms with E-state index in [1.54, 1.807) is 0 Å². The summed E-state index contributed by atoms with van der Waals surface area (Å²) in [4.78, 5) is 0. The molecule has 0 aliphatic heterocycles. The molecule has 0 N–H and O–H groups in total. The lowest BCUT2D eigenvalue weighted by Gasteiger charge is -2.09. The molecule has 12 aromatic heterocycles. The average Bonchev–Trinajstić information content (AvgIpc) is 1.56. The standard InChI is InChI=1S/3C31H21NOS2/c2*1-16-4-8-19(9-5-16)32-24-14-23-25(33-29-21-11-7-18(3)13-27(21)35-31(23)29)15-22(24)30-28(32)20-10-6-17(2)12-26(20)34-30;1-16-4-8-19(9-5-16)32-24-12-17(2)6-10-20(24)30-28(32)23-14-25-22(15-27(23)34-30)31-29(33-25)21-11-7-18(3)13-26(21)35-31/h3*4-15H,1-3H3. The molecule has 0 saturated carbocycles. The van der Waals surface area contributed by atoms with Crippen LogP contribution in [0.25, 0.3) is 205 Å². The Kier molecular flexibility index (Phi) is 13.3. The second-order valence-electron chi connectivity index (χ2n) is 29.0. The third-order valence-corrected chi connectivity index (χ3v) is 28.6. The Morgan fingerprint density at radius 2 is 0.457 bits per heavy atom. The summed E-state index contributed by atoms with van der Waals surface area (Å²) < 4.78 is 42.5. The van der Waals surface area contributed by atoms with Crippen LogP contribution in [0.2, 0.25) is 0 Å². The highest BCUT2D eigenvalue weighted by molar-refractivity contribution is 7.29. The number of furan rings is 3. The largest absolute Gasteiger partial charge is 0.454 e. The van der Waals surface area contributed by atoms with Crippen molar-refractivity contribution in [3.8, 4) is 17.1 Å². The molecule has 12 aromatic carbocycles. The second-order valence-corrected chi connectivity index (χ2v) is 35.3. The second kappa shape index (κ2) is 22.6. The van der Waals surface area contributed by atoms with Crippen LogP contribution >= 0.6 is 68.0 Å². The van der Waals surface area contributed by atoms with Gasteiger partial charge in [-0.15, -0.1) is 68.0 Å². The molecule has 24 rings (SSSR count). The first-order valence-electron chi connectivity index (χ1n) is 35.5. The lowest BCUT2D eigenvalue weighted by Crippen LogP contribution is -1.94. The highest BCUT2D eigenvalue weighted by Gasteiger charge is 2.27. The van der Waals surface area contributed by atoms with Crippen molar-refractivity contribution in [3.05, 3.63) is 268 Å². The molecule has 0 spiro atoms. The van der Waals surface area contributed by atoms with E-state index < -0.39 is 0 Å². The van der Waals surface area contributed by atoms with Gasteiger partial charge in [-0.3, -0.25) is 0 Å². The first kappa shape index (κ1) is 61.7. The predicted octanol–water partition coefficient (Wildman–Crippen LogP) is 30.1. The van der Waals surface area contributed by atoms with E-state index in [1.807, 2.05) is 68.0 Å². The van der Waals surface area contributed by atoms with E-state index in [-0.39, 0.29) is 0 Å². The van der Waals surface area contributed by atoms with Crippen LogP contribution in [0.5, 0.6) is 0 Å². The monoisotopic (exact) mass is 1460 g/mol. The zero-order valence-corrected chi connectivity index (χ0v) is 63.7. The smallest absolute Gasteiger partial charge is 0.154 e. The number of thiophene rings is 6. The van der Waals surface area contributed by atoms with Gasteiger partial charge in [0.2, 0.25) is 0 Å². The Hall–Kier alpha value is -10.8. The molecule has 0 bridgehead atoms. The zero-order valence-electron chi connectivity index (χ0n) is 58.8. The number of nitrogens with zero attached hydrogens (tertiary/aromatic N) is 3. The van der Waals surface area contributed by atoms with Crippen molar-refractivity contribution in [2.24, 2.45) is 0 Å². The molecule has 0 saturated heterocycles. The zero-order chi connectivity index (χ0) is 70.3. The quantitative estimate of drug-likeness (QED) is 0.177. The van der Waals surface area contributed by atoms with Gasteiger partial charge in [-0.2, -0.15) is 0 Å². The minimum Gasteiger partial charge on any atom is -0.454 e. The van der Waals surface area contributed by atoms with Crippen LogP contribution in [-0.4, -0.2) is 13.7 Å². The normalized spacial score (nSPS) is 12.4. The maximum absolute atomic E-state index is 6.53. The highest BCUT2D eigenvalue weighted by Crippen LogP contribution is 2.52. The number of benzene rings is 12. The summed E-state index contributed by atoms with van der Waals surface area (Å²) in [5, 5.41) is 15.0. The third-order valence-electron chi connectivity index (χ3n) is 21.5. The first-order valence-corrected chi connectivity index (χ1v) is 40.4. The number of rotatable bonds is 3. The predicted molar refractivity (Wildman–Crippen MR) is 459 cm³/mol. The maximum atomic E-state index is 6.53. The number of aryl methyl sites for hydroxylation is 9. The number of hydrogen-bond donors (Lipinski definition) is 0. The number of fused-ring (bicyclic) bond motifs is 30. The molecule has 504 valence electrons. The van der Waals surface area contributed by atoms with Crippen molar-refractivity contribution < 1.29 is 13.3 Å². The fourth-order valence-electron chi connectivity index (χ4n) is 16.3. The van der Waals surface area contributed by atoms with Gasteiger partial charge in [-0.25, -0.2) is 0 Å². The van der Waals surface area contributed by atoms with Gasteiger partial charge in [-0.1, -0.05) is 108 Å². The SMILES string of the molecule is Cc1ccc(-n2c3cc(C)ccc3c3sc4cc5c(cc4c32)oc2c3ccc(C)cc3sc52)cc1.Cc1ccc(-n2c3cc4c(cc3c3sc5cc(C)ccc5c32)oc2c3ccc(C)cc3sc42)cc1.Cc1ccc(-n2c3cc4c(cc3c3sc5cc(C)ccc5c32)oc2c3ccc(C)cc3sc42)cc1. The van der Waals surface area contributed by atoms with Crippen LogP contribution in [0.1, 0.15) is 50.1 Å². The van der Waals surface area contributed by atoms with Gasteiger partial charge < -0.3 is 27.0 Å². The summed E-state index contributed by atoms with van der Waals surface area (Å²) in [5.74, 6) is 0. The topological polar surface area (TPSA) is 54.2 Å². The molecule has 105 heavy (non-hydrogen) atoms. The summed E-state index contributed by atoms with van der Waals surface area (Å²) in [6.07, 6.45) is 0. The molecule has 0 fully saturated rings. The van der Waals surface area contributed by atoms with Crippen molar-refractivity contribution in [1.82, 2.24) is 13.7 Å². The minimum absolute atomic E-state index is 0.970. The van der Waals surface area contributed by atoms with Crippen molar-refractivity contribution >= 4 is 256 Å². The Bertz CT molecular complexity index is 7530. The van der Waals surface area contributed by atoms with E-state index in [9.17, 15) is 0 Å². The molecule has 6 nitrogen and oxygen atoms in total. The van der Waals surface area contributed by atoms with Gasteiger partial charge in [0.25, 0.3) is 0 Å². The summed E-state index contributed by atoms with van der Waals surface area (Å²) in [5.41, 5.74) is 28.7. The van der Waals surface area contributed by atoms with Crippen LogP contribution in [0.4, 0.5) is 0 Å². The van der Waals surface area contributed by atoms with Gasteiger partial charge in [0.15, 0.2) is 16.7 Å². The van der Waals surface area contributed by atoms with E-state index >= 15 is 0 Å². The van der Waals surface area contributed by atoms with E-state index in [0.29, 0.717) is 0 Å². The van der Waals surface area contributed by atoms with Crippen molar-refractivity contribution in [2.75, 3.05) is 0 Å². The van der Waals surface area contributed by atoms with Gasteiger partial charge in [0, 0.05) is 110 Å². The minimum atomic E-state index is 0.970. The van der Waals surface area contributed by atoms with Gasteiger partial charge in [-0.05, 0) is 223 Å². The van der Waals surface area contributed by atoms with Crippen LogP contribution < -0.4 is 0 Å². The van der Waals surface area contributed by atoms with Crippen molar-refractivity contribution in [3.63, 3.8) is 0 Å². The summed E-state index contributed by atoms with van der Waals surface area (Å²) in [6, 6.07) is 80.8. The Morgan fingerprint density at radius 1 is 0.200 bits per heavy atom. The molecular weight excluding hydrogens is 1400 g/mol. The first-order chi connectivity index (χ1) is 51.1. The molecule has 0 amide bonds. The van der Waals surface area contributed by atoms with E-state index in [0.717, 1.165) is 33.5 Å².